The van der Waals surface area contributed by atoms with E-state index in [0.29, 0.717) is 47.5 Å². The number of hydrogen-bond donors (Lipinski definition) is 6. The maximum Gasteiger partial charge on any atom is 1.00 e. The number of amides is 4. The zero-order valence-electron chi connectivity index (χ0n) is 35.2. The predicted octanol–water partition coefficient (Wildman–Crippen LogP) is -8.20. The average Bonchev–Trinajstić information content (AvgIpc) is 3.14. The number of carbonyl (C=O) groups excluding carboxylic acids is 3. The second kappa shape index (κ2) is 22.4. The number of benzene rings is 6. The predicted molar refractivity (Wildman–Crippen MR) is 214 cm³/mol. The Labute approximate surface area is 464 Å². The molecule has 0 heterocycles. The number of anilines is 4. The number of nitrogens with one attached hydrogen (secondary N) is 4. The molecule has 21 nitrogen and oxygen atoms in total. The van der Waals surface area contributed by atoms with Crippen molar-refractivity contribution < 1.29 is 195 Å². The smallest absolute Gasteiger partial charge is 0.744 e. The summed E-state index contributed by atoms with van der Waals surface area (Å²) >= 11 is 0. The third-order valence-corrected chi connectivity index (χ3v) is 12.3. The number of rotatable bonds is 10. The largest absolute Gasteiger partial charge is 1.00 e. The van der Waals surface area contributed by atoms with Crippen LogP contribution in [0.2, 0.25) is 0 Å². The Balaban J connectivity index is 0.00000374. The van der Waals surface area contributed by atoms with E-state index < -0.39 is 112 Å². The summed E-state index contributed by atoms with van der Waals surface area (Å²) in [6.07, 6.45) is 0. The summed E-state index contributed by atoms with van der Waals surface area (Å²) in [5.74, 6) is -3.63. The number of aryl methyl sites for hydroxylation is 2. The van der Waals surface area contributed by atoms with Crippen molar-refractivity contribution in [2.24, 2.45) is 0 Å². The Morgan fingerprint density at radius 3 is 1.02 bits per heavy atom. The van der Waals surface area contributed by atoms with Crippen LogP contribution in [0.25, 0.3) is 21.5 Å². The molecular weight excluding hydrogens is 993 g/mol. The van der Waals surface area contributed by atoms with Crippen LogP contribution in [0.1, 0.15) is 31.8 Å². The monoisotopic (exact) mass is 1020 g/mol. The van der Waals surface area contributed by atoms with Crippen LogP contribution in [-0.2, 0) is 40.5 Å². The molecule has 0 unspecified atom stereocenters. The fraction of sp³-hybridized carbons (Fsp3) is 0.0541. The fourth-order valence-corrected chi connectivity index (χ4v) is 8.33. The molecule has 0 aliphatic rings. The fourth-order valence-electron chi connectivity index (χ4n) is 6.21. The van der Waals surface area contributed by atoms with Crippen molar-refractivity contribution in [2.75, 3.05) is 21.3 Å². The van der Waals surface area contributed by atoms with Gasteiger partial charge in [0.1, 0.15) is 52.0 Å². The third kappa shape index (κ3) is 13.7. The molecule has 6 N–H and O–H groups in total. The van der Waals surface area contributed by atoms with Crippen LogP contribution < -0.4 is 139 Å². The molecule has 6 aromatic carbocycles. The van der Waals surface area contributed by atoms with E-state index in [-0.39, 0.29) is 152 Å². The molecule has 0 radical (unpaired) electrons. The van der Waals surface area contributed by atoms with Gasteiger partial charge in [0.15, 0.2) is 0 Å². The van der Waals surface area contributed by atoms with Crippen molar-refractivity contribution in [1.82, 2.24) is 0 Å². The zero-order chi connectivity index (χ0) is 45.9. The van der Waals surface area contributed by atoms with Gasteiger partial charge in [-0.1, -0.05) is 12.1 Å². The van der Waals surface area contributed by atoms with Gasteiger partial charge in [-0.05, 0) is 109 Å². The van der Waals surface area contributed by atoms with Crippen LogP contribution in [0.15, 0.2) is 105 Å². The summed E-state index contributed by atoms with van der Waals surface area (Å²) in [5, 5.41) is 29.5. The Kier molecular flexibility index (Phi) is 20.1. The van der Waals surface area contributed by atoms with E-state index in [1.54, 1.807) is 0 Å². The normalized spacial score (nSPS) is 11.5. The number of aromatic hydroxyl groups is 2. The Bertz CT molecular complexity index is 3200. The molecule has 0 aliphatic carbocycles. The number of fused-ring (bicyclic) bond motifs is 2. The number of phenols is 2. The van der Waals surface area contributed by atoms with E-state index >= 15 is 0 Å². The minimum Gasteiger partial charge on any atom is -0.744 e. The molecule has 0 fully saturated rings. The average molecular weight is 1020 g/mol. The van der Waals surface area contributed by atoms with Gasteiger partial charge in [-0.3, -0.25) is 9.59 Å². The van der Waals surface area contributed by atoms with Gasteiger partial charge in [-0.2, -0.15) is 0 Å². The quantitative estimate of drug-likeness (QED) is 0.0548. The Hall–Kier alpha value is -2.71. The van der Waals surface area contributed by atoms with Crippen LogP contribution in [0.3, 0.4) is 0 Å². The summed E-state index contributed by atoms with van der Waals surface area (Å²) in [5.41, 5.74) is -0.552. The van der Waals surface area contributed by atoms with E-state index in [9.17, 15) is 76.5 Å². The first-order valence-electron chi connectivity index (χ1n) is 17.0. The standard InChI is InChI=1S/C37H30N4O17S4.4Na/c1-17-3-5-21(11-27(17)35(44)40-29-13-23(59(47,48)49)7-19-9-25(61(53,54)55)15-31(42)33(19)29)38-37(46)39-22-6-4-18(2)28(12-22)36(45)41-30-14-24(60(50,51)52)8-20-10-26(62(56,57)58)16-32(43)34(20)30;;;;/h3-16,42-43H,1-2H3,(H,40,44)(H,41,45)(H2,38,39,46)(H,47,48,49)(H,50,51,52)(H,53,54,55)(H,56,57,58);;;;/q;4*+1/p-4. The van der Waals surface area contributed by atoms with E-state index in [0.717, 1.165) is 12.1 Å². The summed E-state index contributed by atoms with van der Waals surface area (Å²) in [4.78, 5) is 36.5. The van der Waals surface area contributed by atoms with E-state index in [4.69, 9.17) is 0 Å². The number of urea groups is 1. The molecule has 0 bridgehead atoms. The van der Waals surface area contributed by atoms with Crippen molar-refractivity contribution >= 4 is 103 Å². The van der Waals surface area contributed by atoms with Crippen LogP contribution in [0, 0.1) is 13.8 Å². The Morgan fingerprint density at radius 2 is 0.727 bits per heavy atom. The molecular formula is C37H26N4Na4O17S4. The van der Waals surface area contributed by atoms with E-state index in [2.05, 4.69) is 21.3 Å². The first-order chi connectivity index (χ1) is 28.6. The van der Waals surface area contributed by atoms with Gasteiger partial charge in [0.05, 0.1) is 31.0 Å². The second-order valence-corrected chi connectivity index (χ2v) is 18.9. The van der Waals surface area contributed by atoms with Gasteiger partial charge in [0, 0.05) is 33.3 Å². The van der Waals surface area contributed by atoms with Gasteiger partial charge < -0.3 is 49.7 Å². The number of phenolic OH excluding ortho intramolecular Hbond substituents is 2. The van der Waals surface area contributed by atoms with Gasteiger partial charge >= 0.3 is 124 Å². The molecule has 324 valence electrons. The summed E-state index contributed by atoms with van der Waals surface area (Å²) in [6.45, 7) is 2.98. The SMILES string of the molecule is Cc1ccc(NC(=O)Nc2ccc(C)c(C(=O)Nc3cc(S(=O)(=O)[O-])cc4cc(S(=O)(=O)[O-])cc(O)c34)c2)cc1C(=O)Nc1cc(S(=O)(=O)[O-])cc2cc(S(=O)(=O)[O-])cc(O)c12.[Na+].[Na+].[Na+].[Na+]. The first-order valence-corrected chi connectivity index (χ1v) is 22.6. The summed E-state index contributed by atoms with van der Waals surface area (Å²) in [7, 11) is -20.8. The van der Waals surface area contributed by atoms with Crippen LogP contribution in [0.5, 0.6) is 11.5 Å². The number of hydrogen-bond acceptors (Lipinski definition) is 17. The Morgan fingerprint density at radius 1 is 0.439 bits per heavy atom. The maximum atomic E-state index is 13.6. The molecule has 0 saturated carbocycles. The molecule has 0 aromatic heterocycles. The van der Waals surface area contributed by atoms with Gasteiger partial charge in [-0.15, -0.1) is 0 Å². The van der Waals surface area contributed by atoms with Crippen LogP contribution in [-0.4, -0.2) is 79.9 Å². The van der Waals surface area contributed by atoms with Gasteiger partial charge in [-0.25, -0.2) is 38.5 Å². The summed E-state index contributed by atoms with van der Waals surface area (Å²) in [6, 6.07) is 12.5. The third-order valence-electron chi connectivity index (χ3n) is 9.08. The van der Waals surface area contributed by atoms with E-state index in [1.165, 1.54) is 50.2 Å². The molecule has 0 atom stereocenters. The van der Waals surface area contributed by atoms with Crippen molar-refractivity contribution in [3.8, 4) is 11.5 Å². The molecule has 6 aromatic rings. The zero-order valence-corrected chi connectivity index (χ0v) is 46.5. The maximum absolute atomic E-state index is 13.6. The van der Waals surface area contributed by atoms with Crippen LogP contribution in [0.4, 0.5) is 27.5 Å². The van der Waals surface area contributed by atoms with Crippen LogP contribution >= 0.6 is 0 Å². The van der Waals surface area contributed by atoms with Crippen molar-refractivity contribution in [3.63, 3.8) is 0 Å². The molecule has 0 aliphatic heterocycles. The summed E-state index contributed by atoms with van der Waals surface area (Å²) < 4.78 is 141. The molecule has 0 spiro atoms. The number of carbonyl (C=O) groups is 3. The van der Waals surface area contributed by atoms with Crippen molar-refractivity contribution in [3.05, 3.63) is 107 Å². The van der Waals surface area contributed by atoms with Crippen molar-refractivity contribution in [1.29, 1.82) is 0 Å². The van der Waals surface area contributed by atoms with Crippen molar-refractivity contribution in [2.45, 2.75) is 33.4 Å². The second-order valence-electron chi connectivity index (χ2n) is 13.4. The molecule has 6 rings (SSSR count). The van der Waals surface area contributed by atoms with Gasteiger partial charge in [0.25, 0.3) is 11.8 Å². The molecule has 4 amide bonds. The van der Waals surface area contributed by atoms with E-state index in [1.807, 2.05) is 0 Å². The van der Waals surface area contributed by atoms with Gasteiger partial charge in [0.2, 0.25) is 0 Å². The molecule has 66 heavy (non-hydrogen) atoms. The minimum atomic E-state index is -5.23. The molecule has 29 heteroatoms. The first kappa shape index (κ1) is 59.4. The minimum absolute atomic E-state index is 0. The topological polar surface area (TPSA) is 369 Å². The molecule has 0 saturated heterocycles.